The van der Waals surface area contributed by atoms with Crippen LogP contribution in [0.15, 0.2) is 18.2 Å². The minimum Gasteiger partial charge on any atom is -0.467 e. The lowest BCUT2D eigenvalue weighted by molar-refractivity contribution is 0.360. The molecule has 0 aliphatic rings. The van der Waals surface area contributed by atoms with Crippen LogP contribution >= 0.6 is 23.2 Å². The van der Waals surface area contributed by atoms with Gasteiger partial charge >= 0.3 is 12.0 Å². The van der Waals surface area contributed by atoms with Gasteiger partial charge in [-0.25, -0.2) is 0 Å². The molecule has 2 rings (SSSR count). The van der Waals surface area contributed by atoms with Gasteiger partial charge in [-0.3, -0.25) is 0 Å². The molecular formula is C11H10Cl2N4O2. The fraction of sp³-hybridized carbons (Fsp3) is 0.182. The summed E-state index contributed by atoms with van der Waals surface area (Å²) in [4.78, 5) is 12.0. The molecule has 1 aromatic carbocycles. The number of hydrogen-bond donors (Lipinski definition) is 1. The predicted molar refractivity (Wildman–Crippen MR) is 72.5 cm³/mol. The smallest absolute Gasteiger partial charge is 0.330 e. The molecule has 8 heteroatoms. The second kappa shape index (κ2) is 5.90. The normalized spacial score (nSPS) is 10.1. The standard InChI is InChI=1S/C11H10Cl2N4O2/c1-14-9-15-10(18-2)17-11(16-9)19-6-3-4-7(12)8(13)5-6/h3-5H,1-2H3,(H,14,15,16,17). The van der Waals surface area contributed by atoms with Gasteiger partial charge in [-0.05, 0) is 12.1 Å². The first-order valence-electron chi connectivity index (χ1n) is 5.23. The fourth-order valence-corrected chi connectivity index (χ4v) is 1.52. The van der Waals surface area contributed by atoms with Crippen LogP contribution in [0.1, 0.15) is 0 Å². The molecule has 1 aromatic heterocycles. The summed E-state index contributed by atoms with van der Waals surface area (Å²) in [5, 5.41) is 3.61. The molecule has 100 valence electrons. The van der Waals surface area contributed by atoms with E-state index in [4.69, 9.17) is 32.7 Å². The van der Waals surface area contributed by atoms with Gasteiger partial charge < -0.3 is 14.8 Å². The Bertz CT molecular complexity index is 573. The van der Waals surface area contributed by atoms with Crippen molar-refractivity contribution in [3.63, 3.8) is 0 Å². The topological polar surface area (TPSA) is 69.2 Å². The second-order valence-corrected chi connectivity index (χ2v) is 4.17. The van der Waals surface area contributed by atoms with Crippen LogP contribution in [0.4, 0.5) is 5.95 Å². The van der Waals surface area contributed by atoms with Crippen LogP contribution in [0.5, 0.6) is 17.8 Å². The van der Waals surface area contributed by atoms with Gasteiger partial charge in [0.05, 0.1) is 17.2 Å². The Hall–Kier alpha value is -1.79. The van der Waals surface area contributed by atoms with E-state index in [1.54, 1.807) is 25.2 Å². The number of hydrogen-bond acceptors (Lipinski definition) is 6. The number of rotatable bonds is 4. The molecular weight excluding hydrogens is 291 g/mol. The molecule has 0 aliphatic heterocycles. The van der Waals surface area contributed by atoms with E-state index in [1.807, 2.05) is 0 Å². The number of methoxy groups -OCH3 is 1. The van der Waals surface area contributed by atoms with E-state index in [2.05, 4.69) is 20.3 Å². The van der Waals surface area contributed by atoms with E-state index in [0.717, 1.165) is 0 Å². The lowest BCUT2D eigenvalue weighted by atomic mass is 10.3. The summed E-state index contributed by atoms with van der Waals surface area (Å²) in [5.74, 6) is 0.798. The molecule has 1 heterocycles. The first-order valence-corrected chi connectivity index (χ1v) is 5.98. The molecule has 19 heavy (non-hydrogen) atoms. The van der Waals surface area contributed by atoms with Crippen molar-refractivity contribution in [2.75, 3.05) is 19.5 Å². The largest absolute Gasteiger partial charge is 0.467 e. The summed E-state index contributed by atoms with van der Waals surface area (Å²) in [5.41, 5.74) is 0. The minimum absolute atomic E-state index is 0.0922. The number of halogens is 2. The van der Waals surface area contributed by atoms with Gasteiger partial charge in [0.2, 0.25) is 5.95 Å². The summed E-state index contributed by atoms with van der Waals surface area (Å²) >= 11 is 11.7. The number of nitrogens with zero attached hydrogens (tertiary/aromatic N) is 3. The van der Waals surface area contributed by atoms with Crippen molar-refractivity contribution in [2.45, 2.75) is 0 Å². The Labute approximate surface area is 119 Å². The van der Waals surface area contributed by atoms with Crippen LogP contribution < -0.4 is 14.8 Å². The van der Waals surface area contributed by atoms with E-state index >= 15 is 0 Å². The molecule has 0 fully saturated rings. The lowest BCUT2D eigenvalue weighted by Crippen LogP contribution is -2.03. The average molecular weight is 301 g/mol. The number of anilines is 1. The maximum atomic E-state index is 5.90. The van der Waals surface area contributed by atoms with Crippen molar-refractivity contribution in [3.8, 4) is 17.8 Å². The third kappa shape index (κ3) is 3.36. The van der Waals surface area contributed by atoms with Gasteiger partial charge in [0, 0.05) is 13.1 Å². The maximum Gasteiger partial charge on any atom is 0.330 e. The number of aromatic nitrogens is 3. The molecule has 0 aliphatic carbocycles. The molecule has 0 atom stereocenters. The number of ether oxygens (including phenoxy) is 2. The molecule has 0 amide bonds. The Morgan fingerprint density at radius 3 is 2.42 bits per heavy atom. The lowest BCUT2D eigenvalue weighted by Gasteiger charge is -2.07. The highest BCUT2D eigenvalue weighted by Gasteiger charge is 2.09. The van der Waals surface area contributed by atoms with Crippen molar-refractivity contribution >= 4 is 29.2 Å². The quantitative estimate of drug-likeness (QED) is 0.936. The van der Waals surface area contributed by atoms with E-state index < -0.39 is 0 Å². The van der Waals surface area contributed by atoms with Gasteiger partial charge in [0.15, 0.2) is 0 Å². The van der Waals surface area contributed by atoms with Gasteiger partial charge in [-0.15, -0.1) is 4.98 Å². The fourth-order valence-electron chi connectivity index (χ4n) is 1.23. The monoisotopic (exact) mass is 300 g/mol. The Balaban J connectivity index is 2.29. The molecule has 0 spiro atoms. The van der Waals surface area contributed by atoms with Crippen molar-refractivity contribution in [1.82, 2.24) is 15.0 Å². The zero-order valence-corrected chi connectivity index (χ0v) is 11.7. The average Bonchev–Trinajstić information content (AvgIpc) is 2.42. The van der Waals surface area contributed by atoms with E-state index in [1.165, 1.54) is 7.11 Å². The highest BCUT2D eigenvalue weighted by Crippen LogP contribution is 2.28. The van der Waals surface area contributed by atoms with Gasteiger partial charge in [0.25, 0.3) is 0 Å². The Morgan fingerprint density at radius 1 is 1.05 bits per heavy atom. The van der Waals surface area contributed by atoms with Crippen molar-refractivity contribution < 1.29 is 9.47 Å². The van der Waals surface area contributed by atoms with Crippen molar-refractivity contribution in [2.24, 2.45) is 0 Å². The highest BCUT2D eigenvalue weighted by atomic mass is 35.5. The molecule has 1 N–H and O–H groups in total. The van der Waals surface area contributed by atoms with Gasteiger partial charge in [-0.2, -0.15) is 9.97 Å². The van der Waals surface area contributed by atoms with Crippen LogP contribution in [0.3, 0.4) is 0 Å². The molecule has 0 unspecified atom stereocenters. The van der Waals surface area contributed by atoms with Crippen LogP contribution in [-0.2, 0) is 0 Å². The van der Waals surface area contributed by atoms with Crippen LogP contribution in [0.25, 0.3) is 0 Å². The van der Waals surface area contributed by atoms with Crippen molar-refractivity contribution in [3.05, 3.63) is 28.2 Å². The third-order valence-electron chi connectivity index (χ3n) is 2.10. The van der Waals surface area contributed by atoms with E-state index in [9.17, 15) is 0 Å². The summed E-state index contributed by atoms with van der Waals surface area (Å²) in [6.45, 7) is 0. The van der Waals surface area contributed by atoms with Crippen LogP contribution in [0, 0.1) is 0 Å². The molecule has 2 aromatic rings. The second-order valence-electron chi connectivity index (χ2n) is 3.36. The van der Waals surface area contributed by atoms with E-state index in [-0.39, 0.29) is 12.0 Å². The Morgan fingerprint density at radius 2 is 1.79 bits per heavy atom. The molecule has 0 saturated heterocycles. The molecule has 0 saturated carbocycles. The van der Waals surface area contributed by atoms with Crippen LogP contribution in [-0.4, -0.2) is 29.1 Å². The zero-order valence-electron chi connectivity index (χ0n) is 10.1. The molecule has 0 radical (unpaired) electrons. The van der Waals surface area contributed by atoms with Gasteiger partial charge in [-0.1, -0.05) is 23.2 Å². The van der Waals surface area contributed by atoms with Crippen LogP contribution in [0.2, 0.25) is 10.0 Å². The van der Waals surface area contributed by atoms with Crippen molar-refractivity contribution in [1.29, 1.82) is 0 Å². The first-order chi connectivity index (χ1) is 9.12. The summed E-state index contributed by atoms with van der Waals surface area (Å²) in [6.07, 6.45) is 0. The predicted octanol–water partition coefficient (Wildman–Crippen LogP) is 3.02. The SMILES string of the molecule is CNc1nc(OC)nc(Oc2ccc(Cl)c(Cl)c2)n1. The first kappa shape index (κ1) is 13.6. The van der Waals surface area contributed by atoms with Gasteiger partial charge in [0.1, 0.15) is 5.75 Å². The summed E-state index contributed by atoms with van der Waals surface area (Å²) < 4.78 is 10.4. The summed E-state index contributed by atoms with van der Waals surface area (Å²) in [6, 6.07) is 5.09. The third-order valence-corrected chi connectivity index (χ3v) is 2.84. The number of benzene rings is 1. The maximum absolute atomic E-state index is 5.90. The highest BCUT2D eigenvalue weighted by molar-refractivity contribution is 6.42. The number of nitrogens with one attached hydrogen (secondary N) is 1. The zero-order chi connectivity index (χ0) is 13.8. The Kier molecular flexibility index (Phi) is 4.24. The minimum atomic E-state index is 0.0922. The van der Waals surface area contributed by atoms with E-state index in [0.29, 0.717) is 21.7 Å². The summed E-state index contributed by atoms with van der Waals surface area (Å²) in [7, 11) is 3.13. The molecule has 0 bridgehead atoms. The molecule has 6 nitrogen and oxygen atoms in total.